The number of carbonyl (C=O) groups excluding carboxylic acids is 2. The second-order valence-corrected chi connectivity index (χ2v) is 2.55. The van der Waals surface area contributed by atoms with Crippen molar-refractivity contribution >= 4 is 23.6 Å². The van der Waals surface area contributed by atoms with Crippen molar-refractivity contribution in [2.75, 3.05) is 7.05 Å². The fourth-order valence-corrected chi connectivity index (χ4v) is 0. The first-order valence-corrected chi connectivity index (χ1v) is 4.37. The molecule has 1 amide bonds. The van der Waals surface area contributed by atoms with Crippen LogP contribution < -0.4 is 5.32 Å². The van der Waals surface area contributed by atoms with Crippen molar-refractivity contribution in [3.8, 4) is 0 Å². The van der Waals surface area contributed by atoms with E-state index >= 15 is 0 Å². The van der Waals surface area contributed by atoms with Crippen molar-refractivity contribution in [1.29, 1.82) is 0 Å². The molecule has 0 bridgehead atoms. The first-order valence-electron chi connectivity index (χ1n) is 4.37. The van der Waals surface area contributed by atoms with Crippen molar-refractivity contribution in [1.82, 2.24) is 5.32 Å². The molecule has 0 fully saturated rings. The normalized spacial score (nSPS) is 5.19. The monoisotopic (exact) mass is 459 g/mol. The Morgan fingerprint density at radius 3 is 0.905 bits per heavy atom. The van der Waals surface area contributed by atoms with Gasteiger partial charge in [0.1, 0.15) is 0 Å². The van der Waals surface area contributed by atoms with Crippen LogP contribution in [0.1, 0.15) is 35.1 Å². The summed E-state index contributed by atoms with van der Waals surface area (Å²) in [6.45, 7) is 8.06. The molecule has 0 aliphatic rings. The Bertz CT molecular complexity index is 207. The van der Waals surface area contributed by atoms with E-state index in [1.54, 1.807) is 7.05 Å². The summed E-state index contributed by atoms with van der Waals surface area (Å²) in [6, 6.07) is 0. The summed E-state index contributed by atoms with van der Waals surface area (Å²) in [5, 5.41) is 17.2. The molecule has 0 atom stereocenters. The van der Waals surface area contributed by atoms with Crippen molar-refractivity contribution in [3.63, 3.8) is 0 Å². The fraction of sp³-hybridized carbons (Fsp3) is 0.500. The number of carboxylic acids is 2. The first kappa shape index (κ1) is 49.7. The standard InChI is InChI=1S/C3H7NO.C3H5O.2C2H4O2.CH4.CH3.2Y/c1-3(5)4-2;1-3(2)4;2*1-2(3)4;;;;/h1-2H3,(H,4,5);1H2,2H3;2*1H3,(H,3,4);1H4;1H3;;/q;-1;;;;-1;;. The van der Waals surface area contributed by atoms with Gasteiger partial charge >= 0.3 is 0 Å². The van der Waals surface area contributed by atoms with E-state index in [-0.39, 0.29) is 92.0 Å². The Kier molecular flexibility index (Phi) is 101. The average Bonchev–Trinajstić information content (AvgIpc) is 2.00. The van der Waals surface area contributed by atoms with Gasteiger partial charge in [0.05, 0.1) is 0 Å². The second-order valence-electron chi connectivity index (χ2n) is 2.55. The molecule has 0 saturated carbocycles. The predicted octanol–water partition coefficient (Wildman–Crippen LogP) is 1.42. The summed E-state index contributed by atoms with van der Waals surface area (Å²) in [5.41, 5.74) is 0. The van der Waals surface area contributed by atoms with Gasteiger partial charge in [0, 0.05) is 93.2 Å². The number of carboxylic acid groups (broad SMARTS) is 2. The number of carbonyl (C=O) groups is 4. The summed E-state index contributed by atoms with van der Waals surface area (Å²) in [7, 11) is 1.60. The van der Waals surface area contributed by atoms with Crippen LogP contribution in [-0.2, 0) is 84.6 Å². The summed E-state index contributed by atoms with van der Waals surface area (Å²) in [5.74, 6) is -1.75. The maximum atomic E-state index is 9.70. The molecule has 0 aromatic carbocycles. The molecule has 0 aromatic heterocycles. The number of amides is 1. The van der Waals surface area contributed by atoms with E-state index in [0.29, 0.717) is 0 Å². The number of hydrogen-bond donors (Lipinski definition) is 3. The SMILES string of the molecule is C.CC(=O)O.CC(=O)O.CNC(C)=O.[CH2-]C(C)=O.[CH3-].[Y].[Y]. The van der Waals surface area contributed by atoms with Gasteiger partial charge in [-0.3, -0.25) is 14.4 Å². The zero-order chi connectivity index (χ0) is 15.0. The number of Topliss-reactive ketones (excluding diaryl/α,β-unsaturated/α-hetero) is 1. The molecule has 3 N–H and O–H groups in total. The maximum absolute atomic E-state index is 9.70. The van der Waals surface area contributed by atoms with E-state index in [1.807, 2.05) is 0 Å². The third-order valence-corrected chi connectivity index (χ3v) is 0.352. The summed E-state index contributed by atoms with van der Waals surface area (Å²) in [4.78, 5) is 37.0. The molecule has 0 aliphatic carbocycles. The van der Waals surface area contributed by atoms with Crippen LogP contribution in [0.3, 0.4) is 0 Å². The van der Waals surface area contributed by atoms with Gasteiger partial charge in [-0.05, 0) is 12.7 Å². The van der Waals surface area contributed by atoms with Gasteiger partial charge < -0.3 is 34.7 Å². The molecular weight excluding hydrogens is 432 g/mol. The molecule has 0 spiro atoms. The molecule has 0 unspecified atom stereocenters. The van der Waals surface area contributed by atoms with E-state index < -0.39 is 11.9 Å². The summed E-state index contributed by atoms with van der Waals surface area (Å²) < 4.78 is 0. The van der Waals surface area contributed by atoms with Gasteiger partial charge in [-0.15, -0.1) is 0 Å². The van der Waals surface area contributed by atoms with Crippen LogP contribution in [0.15, 0.2) is 0 Å². The largest absolute Gasteiger partial charge is 0.481 e. The zero-order valence-electron chi connectivity index (χ0n) is 12.9. The minimum Gasteiger partial charge on any atom is -0.481 e. The van der Waals surface area contributed by atoms with E-state index in [4.69, 9.17) is 19.8 Å². The van der Waals surface area contributed by atoms with Crippen LogP contribution in [0.25, 0.3) is 0 Å². The molecule has 2 radical (unpaired) electrons. The van der Waals surface area contributed by atoms with Gasteiger partial charge in [0.25, 0.3) is 11.9 Å². The topological polar surface area (TPSA) is 121 Å². The average molecular weight is 459 g/mol. The molecule has 124 valence electrons. The Morgan fingerprint density at radius 2 is 0.905 bits per heavy atom. The van der Waals surface area contributed by atoms with Crippen LogP contribution in [0, 0.1) is 14.4 Å². The number of nitrogens with one attached hydrogen (secondary N) is 1. The Hall–Kier alpha value is 0.158. The maximum Gasteiger partial charge on any atom is 0.300 e. The molecule has 0 rings (SSSR count). The van der Waals surface area contributed by atoms with E-state index in [2.05, 4.69) is 12.2 Å². The number of aliphatic carboxylic acids is 2. The summed E-state index contributed by atoms with van der Waals surface area (Å²) >= 11 is 0. The van der Waals surface area contributed by atoms with Crippen molar-refractivity contribution < 1.29 is 94.8 Å². The van der Waals surface area contributed by atoms with Crippen LogP contribution in [-0.4, -0.2) is 40.9 Å². The van der Waals surface area contributed by atoms with Gasteiger partial charge in [0.2, 0.25) is 5.91 Å². The molecule has 9 heteroatoms. The van der Waals surface area contributed by atoms with E-state index in [9.17, 15) is 9.59 Å². The van der Waals surface area contributed by atoms with Crippen molar-refractivity contribution in [2.45, 2.75) is 35.1 Å². The van der Waals surface area contributed by atoms with Crippen LogP contribution in [0.2, 0.25) is 0 Å². The molecule has 0 aliphatic heterocycles. The molecular formula is C12H27NO6Y2-2. The Labute approximate surface area is 178 Å². The molecule has 0 heterocycles. The third kappa shape index (κ3) is 1430. The Balaban J connectivity index is -0.0000000169. The number of rotatable bonds is 0. The predicted molar refractivity (Wildman–Crippen MR) is 75.5 cm³/mol. The van der Waals surface area contributed by atoms with Gasteiger partial charge in [-0.1, -0.05) is 7.43 Å². The smallest absolute Gasteiger partial charge is 0.300 e. The van der Waals surface area contributed by atoms with Crippen LogP contribution in [0.5, 0.6) is 0 Å². The zero-order valence-corrected chi connectivity index (χ0v) is 18.6. The fourth-order valence-electron chi connectivity index (χ4n) is 0. The third-order valence-electron chi connectivity index (χ3n) is 0.352. The summed E-state index contributed by atoms with van der Waals surface area (Å²) in [6.07, 6.45) is 0. The molecule has 21 heavy (non-hydrogen) atoms. The van der Waals surface area contributed by atoms with Crippen LogP contribution in [0.4, 0.5) is 0 Å². The number of hydrogen-bond acceptors (Lipinski definition) is 4. The minimum atomic E-state index is -0.833. The van der Waals surface area contributed by atoms with Gasteiger partial charge in [0.15, 0.2) is 0 Å². The first-order chi connectivity index (χ1) is 7.47. The molecule has 0 aromatic rings. The quantitative estimate of drug-likeness (QED) is 0.472. The van der Waals surface area contributed by atoms with Crippen molar-refractivity contribution in [2.24, 2.45) is 0 Å². The Morgan fingerprint density at radius 1 is 0.857 bits per heavy atom. The van der Waals surface area contributed by atoms with Crippen molar-refractivity contribution in [3.05, 3.63) is 14.4 Å². The van der Waals surface area contributed by atoms with E-state index in [0.717, 1.165) is 13.8 Å². The molecule has 0 saturated heterocycles. The number of ketones is 1. The molecule has 7 nitrogen and oxygen atoms in total. The van der Waals surface area contributed by atoms with Crippen LogP contribution >= 0.6 is 0 Å². The van der Waals surface area contributed by atoms with Gasteiger partial charge in [-0.2, -0.15) is 0 Å². The minimum absolute atomic E-state index is 0. The second kappa shape index (κ2) is 42.7. The van der Waals surface area contributed by atoms with Gasteiger partial charge in [-0.25, -0.2) is 0 Å². The van der Waals surface area contributed by atoms with E-state index in [1.165, 1.54) is 13.8 Å².